The molecule has 1 aliphatic rings. The fourth-order valence-corrected chi connectivity index (χ4v) is 5.97. The summed E-state index contributed by atoms with van der Waals surface area (Å²) in [5.74, 6) is -0.353. The number of hydrogen-bond donors (Lipinski definition) is 1. The minimum atomic E-state index is -3.75. The average molecular weight is 386 g/mol. The van der Waals surface area contributed by atoms with E-state index in [1.165, 1.54) is 0 Å². The van der Waals surface area contributed by atoms with Crippen LogP contribution in [0.25, 0.3) is 0 Å². The van der Waals surface area contributed by atoms with Crippen molar-refractivity contribution in [1.82, 2.24) is 5.32 Å². The second-order valence-electron chi connectivity index (χ2n) is 7.44. The van der Waals surface area contributed by atoms with Gasteiger partial charge < -0.3 is 5.32 Å². The minimum absolute atomic E-state index is 0.255. The molecular weight excluding hydrogens is 358 g/mol. The van der Waals surface area contributed by atoms with Gasteiger partial charge in [0.25, 0.3) is 0 Å². The van der Waals surface area contributed by atoms with Crippen LogP contribution in [0.1, 0.15) is 42.4 Å². The minimum Gasteiger partial charge on any atom is -0.354 e. The summed E-state index contributed by atoms with van der Waals surface area (Å²) in [6, 6.07) is 15.0. The fourth-order valence-electron chi connectivity index (χ4n) is 3.80. The van der Waals surface area contributed by atoms with Crippen LogP contribution >= 0.6 is 0 Å². The van der Waals surface area contributed by atoms with Gasteiger partial charge in [0, 0.05) is 6.54 Å². The first-order chi connectivity index (χ1) is 12.9. The number of sulfone groups is 1. The molecule has 0 aromatic heterocycles. The van der Waals surface area contributed by atoms with Crippen LogP contribution < -0.4 is 5.32 Å². The lowest BCUT2D eigenvalue weighted by Gasteiger charge is -2.28. The van der Waals surface area contributed by atoms with Crippen LogP contribution in [0.15, 0.2) is 53.4 Å². The highest BCUT2D eigenvalue weighted by Crippen LogP contribution is 2.41. The summed E-state index contributed by atoms with van der Waals surface area (Å²) in [5.41, 5.74) is 3.09. The Kier molecular flexibility index (Phi) is 5.70. The normalized spacial score (nSPS) is 16.2. The molecule has 0 spiro atoms. The number of rotatable bonds is 6. The molecule has 0 atom stereocenters. The molecule has 4 nitrogen and oxygen atoms in total. The van der Waals surface area contributed by atoms with Crippen molar-refractivity contribution in [2.24, 2.45) is 0 Å². The van der Waals surface area contributed by atoms with E-state index in [0.29, 0.717) is 25.8 Å². The second-order valence-corrected chi connectivity index (χ2v) is 9.70. The van der Waals surface area contributed by atoms with Gasteiger partial charge >= 0.3 is 0 Å². The van der Waals surface area contributed by atoms with Gasteiger partial charge in [-0.3, -0.25) is 4.79 Å². The number of carbonyl (C=O) groups is 1. The number of nitrogens with one attached hydrogen (secondary N) is 1. The zero-order valence-electron chi connectivity index (χ0n) is 16.0. The first kappa shape index (κ1) is 19.6. The maximum Gasteiger partial charge on any atom is 0.241 e. The lowest BCUT2D eigenvalue weighted by Crippen LogP contribution is -2.51. The highest BCUT2D eigenvalue weighted by molar-refractivity contribution is 7.93. The van der Waals surface area contributed by atoms with E-state index in [2.05, 4.69) is 5.32 Å². The zero-order chi connectivity index (χ0) is 19.5. The number of benzene rings is 2. The SMILES string of the molecule is Cc1ccc(S(=O)(=O)C2(C(=O)NCCc3ccccc3)CCCC2)cc1C. The van der Waals surface area contributed by atoms with Crippen LogP contribution in [0, 0.1) is 13.8 Å². The molecule has 1 N–H and O–H groups in total. The van der Waals surface area contributed by atoms with Crippen molar-refractivity contribution in [3.8, 4) is 0 Å². The summed E-state index contributed by atoms with van der Waals surface area (Å²) in [6.45, 7) is 4.29. The molecule has 1 saturated carbocycles. The van der Waals surface area contributed by atoms with E-state index in [9.17, 15) is 13.2 Å². The van der Waals surface area contributed by atoms with E-state index in [-0.39, 0.29) is 10.8 Å². The van der Waals surface area contributed by atoms with Crippen molar-refractivity contribution >= 4 is 15.7 Å². The molecule has 0 unspecified atom stereocenters. The van der Waals surface area contributed by atoms with E-state index in [0.717, 1.165) is 29.5 Å². The van der Waals surface area contributed by atoms with Gasteiger partial charge in [0.05, 0.1) is 4.90 Å². The van der Waals surface area contributed by atoms with Gasteiger partial charge in [-0.05, 0) is 61.9 Å². The predicted molar refractivity (Wildman–Crippen MR) is 107 cm³/mol. The van der Waals surface area contributed by atoms with Gasteiger partial charge in [-0.2, -0.15) is 0 Å². The van der Waals surface area contributed by atoms with Gasteiger partial charge in [-0.1, -0.05) is 49.2 Å². The molecule has 3 rings (SSSR count). The van der Waals surface area contributed by atoms with Crippen LogP contribution in [-0.4, -0.2) is 25.6 Å². The van der Waals surface area contributed by atoms with E-state index in [1.54, 1.807) is 12.1 Å². The van der Waals surface area contributed by atoms with Gasteiger partial charge in [-0.25, -0.2) is 8.42 Å². The smallest absolute Gasteiger partial charge is 0.241 e. The Balaban J connectivity index is 1.81. The van der Waals surface area contributed by atoms with Crippen molar-refractivity contribution < 1.29 is 13.2 Å². The maximum absolute atomic E-state index is 13.4. The van der Waals surface area contributed by atoms with Crippen LogP contribution in [0.4, 0.5) is 0 Å². The molecule has 1 fully saturated rings. The fraction of sp³-hybridized carbons (Fsp3) is 0.409. The standard InChI is InChI=1S/C22H27NO3S/c1-17-10-11-20(16-18(17)2)27(25,26)22(13-6-7-14-22)21(24)23-15-12-19-8-4-3-5-9-19/h3-5,8-11,16H,6-7,12-15H2,1-2H3,(H,23,24). The van der Waals surface area contributed by atoms with Crippen molar-refractivity contribution in [2.75, 3.05) is 6.54 Å². The van der Waals surface area contributed by atoms with E-state index < -0.39 is 14.6 Å². The molecule has 1 amide bonds. The number of amides is 1. The first-order valence-electron chi connectivity index (χ1n) is 9.51. The van der Waals surface area contributed by atoms with Crippen LogP contribution in [0.2, 0.25) is 0 Å². The molecule has 2 aromatic carbocycles. The van der Waals surface area contributed by atoms with Crippen molar-refractivity contribution in [3.05, 3.63) is 65.2 Å². The molecule has 0 aliphatic heterocycles. The lowest BCUT2D eigenvalue weighted by atomic mass is 10.1. The first-order valence-corrected chi connectivity index (χ1v) is 11.0. The summed E-state index contributed by atoms with van der Waals surface area (Å²) >= 11 is 0. The third-order valence-electron chi connectivity index (χ3n) is 5.67. The molecular formula is C22H27NO3S. The third-order valence-corrected chi connectivity index (χ3v) is 8.17. The molecule has 144 valence electrons. The molecule has 1 aliphatic carbocycles. The third kappa shape index (κ3) is 3.79. The van der Waals surface area contributed by atoms with Crippen LogP contribution in [-0.2, 0) is 21.1 Å². The lowest BCUT2D eigenvalue weighted by molar-refractivity contribution is -0.123. The summed E-state index contributed by atoms with van der Waals surface area (Å²) in [7, 11) is -3.75. The van der Waals surface area contributed by atoms with Gasteiger partial charge in [0.15, 0.2) is 14.6 Å². The van der Waals surface area contributed by atoms with Gasteiger partial charge in [-0.15, -0.1) is 0 Å². The van der Waals surface area contributed by atoms with Crippen molar-refractivity contribution in [1.29, 1.82) is 0 Å². The predicted octanol–water partition coefficient (Wildman–Crippen LogP) is 3.75. The molecule has 27 heavy (non-hydrogen) atoms. The Morgan fingerprint density at radius 2 is 1.67 bits per heavy atom. The second kappa shape index (κ2) is 7.85. The van der Waals surface area contributed by atoms with E-state index in [4.69, 9.17) is 0 Å². The Morgan fingerprint density at radius 1 is 1.00 bits per heavy atom. The molecule has 2 aromatic rings. The van der Waals surface area contributed by atoms with Crippen molar-refractivity contribution in [3.63, 3.8) is 0 Å². The summed E-state index contributed by atoms with van der Waals surface area (Å²) < 4.78 is 25.5. The highest BCUT2D eigenvalue weighted by Gasteiger charge is 2.52. The highest BCUT2D eigenvalue weighted by atomic mass is 32.2. The monoisotopic (exact) mass is 385 g/mol. The maximum atomic E-state index is 13.4. The molecule has 0 heterocycles. The van der Waals surface area contributed by atoms with Gasteiger partial charge in [0.2, 0.25) is 5.91 Å². The van der Waals surface area contributed by atoms with E-state index >= 15 is 0 Å². The summed E-state index contributed by atoms with van der Waals surface area (Å²) in [6.07, 6.45) is 2.98. The molecule has 0 bridgehead atoms. The molecule has 0 radical (unpaired) electrons. The number of carbonyl (C=O) groups excluding carboxylic acids is 1. The zero-order valence-corrected chi connectivity index (χ0v) is 16.8. The van der Waals surface area contributed by atoms with Gasteiger partial charge in [0.1, 0.15) is 0 Å². The number of aryl methyl sites for hydroxylation is 2. The number of hydrogen-bond acceptors (Lipinski definition) is 3. The quantitative estimate of drug-likeness (QED) is 0.824. The van der Waals surface area contributed by atoms with E-state index in [1.807, 2.05) is 50.2 Å². The topological polar surface area (TPSA) is 63.2 Å². The Bertz CT molecular complexity index is 914. The van der Waals surface area contributed by atoms with Crippen molar-refractivity contribution in [2.45, 2.75) is 55.6 Å². The summed E-state index contributed by atoms with van der Waals surface area (Å²) in [4.78, 5) is 13.3. The average Bonchev–Trinajstić information content (AvgIpc) is 3.16. The van der Waals surface area contributed by atoms with Crippen LogP contribution in [0.5, 0.6) is 0 Å². The molecule has 0 saturated heterocycles. The Labute approximate surface area is 161 Å². The largest absolute Gasteiger partial charge is 0.354 e. The summed E-state index contributed by atoms with van der Waals surface area (Å²) in [5, 5.41) is 2.90. The molecule has 5 heteroatoms. The van der Waals surface area contributed by atoms with Crippen LogP contribution in [0.3, 0.4) is 0 Å². The Hall–Kier alpha value is -2.14. The Morgan fingerprint density at radius 3 is 2.30 bits per heavy atom.